The third-order valence-electron chi connectivity index (χ3n) is 3.26. The average molecular weight is 309 g/mol. The topological polar surface area (TPSA) is 77.2 Å². The smallest absolute Gasteiger partial charge is 0.333 e. The van der Waals surface area contributed by atoms with Crippen LogP contribution >= 0.6 is 0 Å². The monoisotopic (exact) mass is 309 g/mol. The van der Waals surface area contributed by atoms with Gasteiger partial charge in [0, 0.05) is 5.57 Å². The Hall–Kier alpha value is -3.15. The lowest BCUT2D eigenvalue weighted by molar-refractivity contribution is -0.140. The highest BCUT2D eigenvalue weighted by Gasteiger charge is 2.11. The predicted molar refractivity (Wildman–Crippen MR) is 85.1 cm³/mol. The van der Waals surface area contributed by atoms with Gasteiger partial charge in [0.15, 0.2) is 0 Å². The molecule has 0 saturated carbocycles. The summed E-state index contributed by atoms with van der Waals surface area (Å²) in [6.07, 6.45) is 0. The minimum absolute atomic E-state index is 0.0419. The Morgan fingerprint density at radius 2 is 1.87 bits per heavy atom. The van der Waals surface area contributed by atoms with Crippen molar-refractivity contribution in [1.82, 2.24) is 15.0 Å². The van der Waals surface area contributed by atoms with E-state index in [2.05, 4.69) is 16.8 Å². The lowest BCUT2D eigenvalue weighted by atomic mass is 10.2. The molecule has 1 heterocycles. The van der Waals surface area contributed by atoms with Crippen LogP contribution in [0.15, 0.2) is 54.6 Å². The molecule has 2 aromatic carbocycles. The fourth-order valence-corrected chi connectivity index (χ4v) is 2.06. The molecule has 6 nitrogen and oxygen atoms in total. The molecule has 3 rings (SSSR count). The highest BCUT2D eigenvalue weighted by atomic mass is 16.5. The molecule has 0 fully saturated rings. The van der Waals surface area contributed by atoms with Gasteiger partial charge in [-0.3, -0.25) is 0 Å². The number of aromatic nitrogens is 3. The van der Waals surface area contributed by atoms with E-state index in [9.17, 15) is 9.90 Å². The number of phenols is 1. The maximum atomic E-state index is 11.5. The molecule has 6 heteroatoms. The van der Waals surface area contributed by atoms with Crippen LogP contribution in [0.5, 0.6) is 5.75 Å². The summed E-state index contributed by atoms with van der Waals surface area (Å²) < 4.78 is 5.11. The molecule has 23 heavy (non-hydrogen) atoms. The van der Waals surface area contributed by atoms with E-state index >= 15 is 0 Å². The van der Waals surface area contributed by atoms with Gasteiger partial charge in [-0.1, -0.05) is 24.8 Å². The standard InChI is InChI=1S/C17H15N3O3/c1-11(2)17(22)23-10-12-7-8-16(21)15(9-12)20-18-13-5-3-4-6-14(13)19-20/h3-9,21H,1,10H2,2H3. The Bertz CT molecular complexity index is 866. The molecule has 0 unspecified atom stereocenters. The number of carbonyl (C=O) groups is 1. The van der Waals surface area contributed by atoms with Crippen LogP contribution in [0.2, 0.25) is 0 Å². The Morgan fingerprint density at radius 1 is 1.22 bits per heavy atom. The zero-order chi connectivity index (χ0) is 16.4. The number of carbonyl (C=O) groups excluding carboxylic acids is 1. The molecule has 0 bridgehead atoms. The third kappa shape index (κ3) is 3.06. The van der Waals surface area contributed by atoms with Crippen molar-refractivity contribution in [1.29, 1.82) is 0 Å². The van der Waals surface area contributed by atoms with Crippen molar-refractivity contribution in [3.63, 3.8) is 0 Å². The van der Waals surface area contributed by atoms with E-state index in [1.54, 1.807) is 19.1 Å². The molecule has 116 valence electrons. The minimum Gasteiger partial charge on any atom is -0.506 e. The Morgan fingerprint density at radius 3 is 2.48 bits per heavy atom. The second-order valence-electron chi connectivity index (χ2n) is 5.16. The van der Waals surface area contributed by atoms with E-state index in [1.165, 1.54) is 10.9 Å². The molecule has 1 aromatic heterocycles. The quantitative estimate of drug-likeness (QED) is 0.592. The van der Waals surface area contributed by atoms with Crippen LogP contribution < -0.4 is 0 Å². The molecule has 3 aromatic rings. The molecular formula is C17H15N3O3. The molecular weight excluding hydrogens is 294 g/mol. The number of rotatable bonds is 4. The zero-order valence-electron chi connectivity index (χ0n) is 12.6. The molecule has 0 aliphatic rings. The minimum atomic E-state index is -0.456. The van der Waals surface area contributed by atoms with E-state index < -0.39 is 5.97 Å². The van der Waals surface area contributed by atoms with Gasteiger partial charge in [-0.2, -0.15) is 0 Å². The normalized spacial score (nSPS) is 10.7. The summed E-state index contributed by atoms with van der Waals surface area (Å²) in [4.78, 5) is 12.8. The van der Waals surface area contributed by atoms with Gasteiger partial charge in [0.1, 0.15) is 29.1 Å². The summed E-state index contributed by atoms with van der Waals surface area (Å²) >= 11 is 0. The number of hydrogen-bond donors (Lipinski definition) is 1. The van der Waals surface area contributed by atoms with Crippen molar-refractivity contribution >= 4 is 17.0 Å². The summed E-state index contributed by atoms with van der Waals surface area (Å²) in [5, 5.41) is 18.7. The van der Waals surface area contributed by atoms with Gasteiger partial charge < -0.3 is 9.84 Å². The van der Waals surface area contributed by atoms with E-state index in [1.807, 2.05) is 24.3 Å². The highest BCUT2D eigenvalue weighted by molar-refractivity contribution is 5.86. The Labute approximate surface area is 132 Å². The van der Waals surface area contributed by atoms with E-state index in [0.717, 1.165) is 11.0 Å². The number of esters is 1. The van der Waals surface area contributed by atoms with Crippen LogP contribution in [0, 0.1) is 0 Å². The maximum Gasteiger partial charge on any atom is 0.333 e. The first-order valence-corrected chi connectivity index (χ1v) is 7.01. The Kier molecular flexibility index (Phi) is 3.80. The van der Waals surface area contributed by atoms with Crippen molar-refractivity contribution in [3.05, 3.63) is 60.2 Å². The average Bonchev–Trinajstić information content (AvgIpc) is 2.97. The largest absolute Gasteiger partial charge is 0.506 e. The molecule has 0 radical (unpaired) electrons. The number of aromatic hydroxyl groups is 1. The van der Waals surface area contributed by atoms with Crippen molar-refractivity contribution in [3.8, 4) is 11.4 Å². The van der Waals surface area contributed by atoms with Crippen molar-refractivity contribution in [2.75, 3.05) is 0 Å². The summed E-state index contributed by atoms with van der Waals surface area (Å²) in [6, 6.07) is 12.3. The van der Waals surface area contributed by atoms with Gasteiger partial charge in [0.25, 0.3) is 0 Å². The van der Waals surface area contributed by atoms with Crippen LogP contribution in [-0.4, -0.2) is 26.1 Å². The lowest BCUT2D eigenvalue weighted by Crippen LogP contribution is -2.06. The van der Waals surface area contributed by atoms with Crippen LogP contribution in [0.4, 0.5) is 0 Å². The van der Waals surface area contributed by atoms with Crippen LogP contribution in [0.25, 0.3) is 16.7 Å². The molecule has 0 saturated heterocycles. The number of fused-ring (bicyclic) bond motifs is 1. The molecule has 1 N–H and O–H groups in total. The highest BCUT2D eigenvalue weighted by Crippen LogP contribution is 2.23. The predicted octanol–water partition coefficient (Wildman–Crippen LogP) is 2.75. The summed E-state index contributed by atoms with van der Waals surface area (Å²) in [5.74, 6) is -0.414. The van der Waals surface area contributed by atoms with Crippen molar-refractivity contribution in [2.24, 2.45) is 0 Å². The van der Waals surface area contributed by atoms with Gasteiger partial charge in [-0.05, 0) is 36.8 Å². The maximum absolute atomic E-state index is 11.5. The van der Waals surface area contributed by atoms with Gasteiger partial charge in [0.05, 0.1) is 0 Å². The molecule has 0 aliphatic carbocycles. The second-order valence-corrected chi connectivity index (χ2v) is 5.16. The third-order valence-corrected chi connectivity index (χ3v) is 3.26. The second kappa shape index (κ2) is 5.92. The van der Waals surface area contributed by atoms with Crippen molar-refractivity contribution in [2.45, 2.75) is 13.5 Å². The van der Waals surface area contributed by atoms with Gasteiger partial charge in [-0.15, -0.1) is 15.0 Å². The molecule has 0 amide bonds. The number of ether oxygens (including phenoxy) is 1. The van der Waals surface area contributed by atoms with E-state index in [0.29, 0.717) is 16.8 Å². The van der Waals surface area contributed by atoms with Gasteiger partial charge >= 0.3 is 5.97 Å². The molecule has 0 aliphatic heterocycles. The fraction of sp³-hybridized carbons (Fsp3) is 0.118. The van der Waals surface area contributed by atoms with Gasteiger partial charge in [0.2, 0.25) is 0 Å². The first-order chi connectivity index (χ1) is 11.0. The lowest BCUT2D eigenvalue weighted by Gasteiger charge is -2.08. The summed E-state index contributed by atoms with van der Waals surface area (Å²) in [5.41, 5.74) is 2.93. The number of nitrogens with zero attached hydrogens (tertiary/aromatic N) is 3. The number of hydrogen-bond acceptors (Lipinski definition) is 5. The Balaban J connectivity index is 1.91. The van der Waals surface area contributed by atoms with E-state index in [-0.39, 0.29) is 12.4 Å². The molecule has 0 spiro atoms. The molecule has 0 atom stereocenters. The van der Waals surface area contributed by atoms with E-state index in [4.69, 9.17) is 4.74 Å². The first-order valence-electron chi connectivity index (χ1n) is 7.01. The van der Waals surface area contributed by atoms with Crippen LogP contribution in [0.3, 0.4) is 0 Å². The van der Waals surface area contributed by atoms with Gasteiger partial charge in [-0.25, -0.2) is 4.79 Å². The van der Waals surface area contributed by atoms with Crippen molar-refractivity contribution < 1.29 is 14.6 Å². The first kappa shape index (κ1) is 14.8. The zero-order valence-corrected chi connectivity index (χ0v) is 12.6. The SMILES string of the molecule is C=C(C)C(=O)OCc1ccc(O)c(-n2nc3ccccc3n2)c1. The summed E-state index contributed by atoms with van der Waals surface area (Å²) in [7, 11) is 0. The summed E-state index contributed by atoms with van der Waals surface area (Å²) in [6.45, 7) is 5.20. The number of phenolic OH excluding ortho intramolecular Hbond substituents is 1. The van der Waals surface area contributed by atoms with Crippen LogP contribution in [0.1, 0.15) is 12.5 Å². The fourth-order valence-electron chi connectivity index (χ4n) is 2.06. The number of benzene rings is 2. The van der Waals surface area contributed by atoms with Crippen LogP contribution in [-0.2, 0) is 16.1 Å².